The zero-order valence-electron chi connectivity index (χ0n) is 18.5. The first-order valence-corrected chi connectivity index (χ1v) is 10.8. The molecular weight excluding hydrogens is 370 g/mol. The molecule has 1 aromatic heterocycles. The molecule has 1 aromatic rings. The van der Waals surface area contributed by atoms with E-state index < -0.39 is 5.60 Å². The molecule has 0 spiro atoms. The largest absolute Gasteiger partial charge is 0.468 e. The lowest BCUT2D eigenvalue weighted by molar-refractivity contribution is -0.0180. The quantitative estimate of drug-likeness (QED) is 0.375. The lowest BCUT2D eigenvalue weighted by atomic mass is 10.1. The van der Waals surface area contributed by atoms with Crippen LogP contribution in [0.25, 0.3) is 0 Å². The number of nitrogens with one attached hydrogen (secondary N) is 2. The van der Waals surface area contributed by atoms with Crippen molar-refractivity contribution in [1.82, 2.24) is 20.4 Å². The van der Waals surface area contributed by atoms with Crippen LogP contribution in [-0.4, -0.2) is 92.0 Å². The van der Waals surface area contributed by atoms with Crippen LogP contribution in [0.4, 0.5) is 0 Å². The summed E-state index contributed by atoms with van der Waals surface area (Å²) in [6.07, 6.45) is 1.72. The maximum absolute atomic E-state index is 10.8. The number of hydrogen-bond acceptors (Lipinski definition) is 6. The highest BCUT2D eigenvalue weighted by atomic mass is 16.5. The number of rotatable bonds is 11. The summed E-state index contributed by atoms with van der Waals surface area (Å²) in [5.74, 6) is 1.65. The van der Waals surface area contributed by atoms with E-state index >= 15 is 0 Å². The van der Waals surface area contributed by atoms with Crippen molar-refractivity contribution < 1.29 is 14.3 Å². The smallest absolute Gasteiger partial charge is 0.191 e. The van der Waals surface area contributed by atoms with E-state index in [0.717, 1.165) is 51.7 Å². The van der Waals surface area contributed by atoms with E-state index in [9.17, 15) is 5.11 Å². The average Bonchev–Trinajstić information content (AvgIpc) is 3.24. The molecule has 0 aliphatic carbocycles. The first-order valence-electron chi connectivity index (χ1n) is 10.8. The van der Waals surface area contributed by atoms with Crippen molar-refractivity contribution in [2.24, 2.45) is 4.99 Å². The van der Waals surface area contributed by atoms with Crippen molar-refractivity contribution in [2.45, 2.75) is 39.3 Å². The second-order valence-electron chi connectivity index (χ2n) is 7.71. The van der Waals surface area contributed by atoms with E-state index in [1.807, 2.05) is 26.0 Å². The summed E-state index contributed by atoms with van der Waals surface area (Å²) in [6, 6.07) is 4.06. The molecule has 3 N–H and O–H groups in total. The second-order valence-corrected chi connectivity index (χ2v) is 7.71. The minimum absolute atomic E-state index is 0.123. The summed E-state index contributed by atoms with van der Waals surface area (Å²) in [6.45, 7) is 15.6. The number of aliphatic imine (C=N–C) groups is 1. The van der Waals surface area contributed by atoms with Crippen molar-refractivity contribution in [2.75, 3.05) is 65.6 Å². The van der Waals surface area contributed by atoms with Gasteiger partial charge in [0.05, 0.1) is 37.7 Å². The maximum atomic E-state index is 10.8. The third kappa shape index (κ3) is 7.97. The van der Waals surface area contributed by atoms with Gasteiger partial charge in [0.2, 0.25) is 0 Å². The van der Waals surface area contributed by atoms with Crippen LogP contribution >= 0.6 is 0 Å². The molecule has 1 aliphatic rings. The van der Waals surface area contributed by atoms with Crippen molar-refractivity contribution >= 4 is 5.96 Å². The Hall–Kier alpha value is -1.61. The fourth-order valence-electron chi connectivity index (χ4n) is 3.63. The Morgan fingerprint density at radius 3 is 2.59 bits per heavy atom. The number of nitrogens with zero attached hydrogens (tertiary/aromatic N) is 3. The SMILES string of the molecule is CCNC(=NCC(C)(O)CN1CCOCC1)NCC(c1ccco1)N(CC)CC. The van der Waals surface area contributed by atoms with E-state index in [-0.39, 0.29) is 6.04 Å². The summed E-state index contributed by atoms with van der Waals surface area (Å²) >= 11 is 0. The monoisotopic (exact) mass is 409 g/mol. The van der Waals surface area contributed by atoms with E-state index in [1.165, 1.54) is 0 Å². The van der Waals surface area contributed by atoms with Crippen LogP contribution in [0.3, 0.4) is 0 Å². The molecule has 0 aromatic carbocycles. The molecule has 0 radical (unpaired) electrons. The van der Waals surface area contributed by atoms with Crippen LogP contribution in [0.1, 0.15) is 39.5 Å². The molecule has 2 atom stereocenters. The molecule has 1 fully saturated rings. The molecule has 2 heterocycles. The minimum Gasteiger partial charge on any atom is -0.468 e. The zero-order valence-corrected chi connectivity index (χ0v) is 18.5. The van der Waals surface area contributed by atoms with Gasteiger partial charge in [0.25, 0.3) is 0 Å². The van der Waals surface area contributed by atoms with Gasteiger partial charge in [0.1, 0.15) is 5.76 Å². The fourth-order valence-corrected chi connectivity index (χ4v) is 3.63. The molecule has 8 nitrogen and oxygen atoms in total. The number of β-amino-alcohol motifs (C(OH)–C–C–N with tert-alkyl or cyclic N) is 1. The predicted octanol–water partition coefficient (Wildman–Crippen LogP) is 1.30. The molecule has 0 bridgehead atoms. The van der Waals surface area contributed by atoms with Gasteiger partial charge in [-0.15, -0.1) is 0 Å². The summed E-state index contributed by atoms with van der Waals surface area (Å²) in [7, 11) is 0. The van der Waals surface area contributed by atoms with Crippen LogP contribution in [0.15, 0.2) is 27.8 Å². The first-order chi connectivity index (χ1) is 14.0. The Morgan fingerprint density at radius 1 is 1.28 bits per heavy atom. The number of morpholine rings is 1. The van der Waals surface area contributed by atoms with Gasteiger partial charge in [-0.1, -0.05) is 13.8 Å². The Labute approximate surface area is 175 Å². The number of hydrogen-bond donors (Lipinski definition) is 3. The van der Waals surface area contributed by atoms with Gasteiger partial charge in [-0.3, -0.25) is 14.8 Å². The number of guanidine groups is 1. The molecule has 8 heteroatoms. The predicted molar refractivity (Wildman–Crippen MR) is 116 cm³/mol. The van der Waals surface area contributed by atoms with Gasteiger partial charge in [0, 0.05) is 32.7 Å². The molecule has 0 saturated carbocycles. The average molecular weight is 410 g/mol. The van der Waals surface area contributed by atoms with E-state index in [2.05, 4.69) is 39.3 Å². The van der Waals surface area contributed by atoms with Crippen molar-refractivity contribution in [3.8, 4) is 0 Å². The molecule has 2 unspecified atom stereocenters. The van der Waals surface area contributed by atoms with Crippen molar-refractivity contribution in [1.29, 1.82) is 0 Å². The van der Waals surface area contributed by atoms with Crippen molar-refractivity contribution in [3.63, 3.8) is 0 Å². The van der Waals surface area contributed by atoms with Gasteiger partial charge >= 0.3 is 0 Å². The van der Waals surface area contributed by atoms with Gasteiger partial charge in [-0.25, -0.2) is 0 Å². The summed E-state index contributed by atoms with van der Waals surface area (Å²) in [4.78, 5) is 9.23. The van der Waals surface area contributed by atoms with Crippen LogP contribution in [0, 0.1) is 0 Å². The van der Waals surface area contributed by atoms with E-state index in [0.29, 0.717) is 25.6 Å². The number of ether oxygens (including phenoxy) is 1. The summed E-state index contributed by atoms with van der Waals surface area (Å²) in [5, 5.41) is 17.5. The maximum Gasteiger partial charge on any atom is 0.191 e. The summed E-state index contributed by atoms with van der Waals surface area (Å²) in [5.41, 5.74) is -0.890. The second kappa shape index (κ2) is 12.2. The fraction of sp³-hybridized carbons (Fsp3) is 0.762. The Morgan fingerprint density at radius 2 is 2.00 bits per heavy atom. The third-order valence-electron chi connectivity index (χ3n) is 5.18. The molecule has 2 rings (SSSR count). The van der Waals surface area contributed by atoms with Crippen LogP contribution in [-0.2, 0) is 4.74 Å². The van der Waals surface area contributed by atoms with Gasteiger partial charge < -0.3 is 24.9 Å². The highest BCUT2D eigenvalue weighted by molar-refractivity contribution is 5.79. The first kappa shape index (κ1) is 23.7. The molecule has 29 heavy (non-hydrogen) atoms. The topological polar surface area (TPSA) is 85.5 Å². The number of furan rings is 1. The lowest BCUT2D eigenvalue weighted by Gasteiger charge is -2.33. The molecule has 1 aliphatic heterocycles. The van der Waals surface area contributed by atoms with E-state index in [4.69, 9.17) is 9.15 Å². The van der Waals surface area contributed by atoms with Gasteiger partial charge in [-0.2, -0.15) is 0 Å². The molecule has 1 saturated heterocycles. The normalized spacial score (nSPS) is 19.2. The highest BCUT2D eigenvalue weighted by Gasteiger charge is 2.26. The Bertz CT molecular complexity index is 581. The lowest BCUT2D eigenvalue weighted by Crippen LogP contribution is -2.48. The number of aliphatic hydroxyl groups is 1. The van der Waals surface area contributed by atoms with Gasteiger partial charge in [-0.05, 0) is 39.1 Å². The summed E-state index contributed by atoms with van der Waals surface area (Å²) < 4.78 is 11.1. The van der Waals surface area contributed by atoms with Crippen molar-refractivity contribution in [3.05, 3.63) is 24.2 Å². The third-order valence-corrected chi connectivity index (χ3v) is 5.18. The van der Waals surface area contributed by atoms with Crippen LogP contribution < -0.4 is 10.6 Å². The highest BCUT2D eigenvalue weighted by Crippen LogP contribution is 2.20. The zero-order chi connectivity index (χ0) is 21.1. The minimum atomic E-state index is -0.890. The standard InChI is InChI=1S/C21H39N5O3/c1-5-22-20(24-16-21(4,27)17-25-10-13-28-14-11-25)23-15-18(26(6-2)7-3)19-9-8-12-29-19/h8-9,12,18,27H,5-7,10-11,13-17H2,1-4H3,(H2,22,23,24). The Balaban J connectivity index is 1.97. The molecule has 0 amide bonds. The Kier molecular flexibility index (Phi) is 9.93. The number of likely N-dealkylation sites (N-methyl/N-ethyl adjacent to an activating group) is 1. The molecular formula is C21H39N5O3. The molecule has 166 valence electrons. The van der Waals surface area contributed by atoms with Crippen LogP contribution in [0.2, 0.25) is 0 Å². The van der Waals surface area contributed by atoms with Gasteiger partial charge in [0.15, 0.2) is 5.96 Å². The van der Waals surface area contributed by atoms with Crippen LogP contribution in [0.5, 0.6) is 0 Å². The van der Waals surface area contributed by atoms with E-state index in [1.54, 1.807) is 6.26 Å².